The summed E-state index contributed by atoms with van der Waals surface area (Å²) in [6.45, 7) is 3.99. The van der Waals surface area contributed by atoms with E-state index in [0.29, 0.717) is 19.0 Å². The van der Waals surface area contributed by atoms with Crippen LogP contribution in [0.4, 0.5) is 10.6 Å². The van der Waals surface area contributed by atoms with Gasteiger partial charge in [0.05, 0.1) is 24.8 Å². The molecule has 1 atom stereocenters. The molecule has 24 heavy (non-hydrogen) atoms. The van der Waals surface area contributed by atoms with Crippen LogP contribution in [0.5, 0.6) is 0 Å². The van der Waals surface area contributed by atoms with E-state index in [2.05, 4.69) is 15.2 Å². The Bertz CT molecular complexity index is 584. The molecular weight excluding hydrogens is 304 g/mol. The van der Waals surface area contributed by atoms with Gasteiger partial charge in [0, 0.05) is 12.2 Å². The highest BCUT2D eigenvalue weighted by Crippen LogP contribution is 2.37. The number of rotatable bonds is 3. The molecule has 0 unspecified atom stereocenters. The van der Waals surface area contributed by atoms with Gasteiger partial charge in [-0.3, -0.25) is 5.32 Å². The molecule has 1 spiro atoms. The van der Waals surface area contributed by atoms with E-state index in [9.17, 15) is 4.79 Å². The number of carbonyl (C=O) groups excluding carboxylic acids is 1. The molecule has 2 aliphatic rings. The van der Waals surface area contributed by atoms with Crippen molar-refractivity contribution in [2.75, 3.05) is 39.1 Å². The molecule has 1 saturated heterocycles. The topological polar surface area (TPSA) is 57.7 Å². The van der Waals surface area contributed by atoms with Crippen molar-refractivity contribution in [3.05, 3.63) is 23.9 Å². The lowest BCUT2D eigenvalue weighted by molar-refractivity contribution is -0.118. The lowest BCUT2D eigenvalue weighted by Crippen LogP contribution is -2.60. The summed E-state index contributed by atoms with van der Waals surface area (Å²) in [4.78, 5) is 21.4. The van der Waals surface area contributed by atoms with Crippen LogP contribution in [0, 0.1) is 6.92 Å². The van der Waals surface area contributed by atoms with Crippen molar-refractivity contribution >= 4 is 11.8 Å². The lowest BCUT2D eigenvalue weighted by Gasteiger charge is -2.45. The minimum absolute atomic E-state index is 0.0658. The second-order valence-corrected chi connectivity index (χ2v) is 7.34. The summed E-state index contributed by atoms with van der Waals surface area (Å²) in [6.07, 6.45) is 4.48. The number of ether oxygens (including phenoxy) is 1. The van der Waals surface area contributed by atoms with Gasteiger partial charge in [-0.1, -0.05) is 18.9 Å². The van der Waals surface area contributed by atoms with Gasteiger partial charge in [0.2, 0.25) is 0 Å². The molecule has 1 aromatic rings. The molecule has 1 aliphatic heterocycles. The molecule has 6 heteroatoms. The molecule has 6 nitrogen and oxygen atoms in total. The molecule has 1 N–H and O–H groups in total. The number of nitrogens with zero attached hydrogens (tertiary/aromatic N) is 3. The average Bonchev–Trinajstić information content (AvgIpc) is 2.97. The van der Waals surface area contributed by atoms with Crippen LogP contribution in [0.3, 0.4) is 0 Å². The highest BCUT2D eigenvalue weighted by atomic mass is 16.5. The standard InChI is InChI=1S/C18H28N4O2/c1-14-7-6-8-16(19-14)20-17(23)22-13-18(9-4-5-10-18)24-12-15(22)11-21(2)3/h6-8,15H,4-5,9-13H2,1-3H3,(H,19,20,23)/t15-/m1/s1. The second kappa shape index (κ2) is 7.07. The van der Waals surface area contributed by atoms with E-state index in [1.54, 1.807) is 0 Å². The Hall–Kier alpha value is -1.66. The number of aryl methyl sites for hydroxylation is 1. The Balaban J connectivity index is 1.74. The maximum absolute atomic E-state index is 12.9. The van der Waals surface area contributed by atoms with Gasteiger partial charge in [0.15, 0.2) is 0 Å². The first-order chi connectivity index (χ1) is 11.5. The number of nitrogens with one attached hydrogen (secondary N) is 1. The largest absolute Gasteiger partial charge is 0.371 e. The van der Waals surface area contributed by atoms with Crippen molar-refractivity contribution in [3.8, 4) is 0 Å². The smallest absolute Gasteiger partial charge is 0.323 e. The molecule has 2 fully saturated rings. The number of hydrogen-bond acceptors (Lipinski definition) is 4. The maximum Gasteiger partial charge on any atom is 0.323 e. The summed E-state index contributed by atoms with van der Waals surface area (Å²) in [7, 11) is 4.05. The number of urea groups is 1. The van der Waals surface area contributed by atoms with Gasteiger partial charge in [0.25, 0.3) is 0 Å². The molecular formula is C18H28N4O2. The minimum Gasteiger partial charge on any atom is -0.371 e. The molecule has 0 bridgehead atoms. The van der Waals surface area contributed by atoms with Crippen molar-refractivity contribution in [2.24, 2.45) is 0 Å². The van der Waals surface area contributed by atoms with Crippen molar-refractivity contribution in [1.82, 2.24) is 14.8 Å². The van der Waals surface area contributed by atoms with Crippen molar-refractivity contribution < 1.29 is 9.53 Å². The summed E-state index contributed by atoms with van der Waals surface area (Å²) < 4.78 is 6.23. The average molecular weight is 332 g/mol. The first-order valence-electron chi connectivity index (χ1n) is 8.77. The molecule has 1 aromatic heterocycles. The maximum atomic E-state index is 12.9. The highest BCUT2D eigenvalue weighted by Gasteiger charge is 2.44. The third-order valence-corrected chi connectivity index (χ3v) is 4.96. The normalized spacial score (nSPS) is 23.0. The molecule has 0 aromatic carbocycles. The van der Waals surface area contributed by atoms with Crippen LogP contribution in [0.25, 0.3) is 0 Å². The zero-order chi connectivity index (χ0) is 17.2. The number of morpholine rings is 1. The molecule has 2 amide bonds. The second-order valence-electron chi connectivity index (χ2n) is 7.34. The zero-order valence-corrected chi connectivity index (χ0v) is 14.9. The van der Waals surface area contributed by atoms with E-state index < -0.39 is 0 Å². The van der Waals surface area contributed by atoms with Gasteiger partial charge in [-0.2, -0.15) is 0 Å². The fourth-order valence-electron chi connectivity index (χ4n) is 3.77. The summed E-state index contributed by atoms with van der Waals surface area (Å²) in [6, 6.07) is 5.66. The van der Waals surface area contributed by atoms with E-state index in [0.717, 1.165) is 25.1 Å². The monoisotopic (exact) mass is 332 g/mol. The van der Waals surface area contributed by atoms with Gasteiger partial charge in [-0.15, -0.1) is 0 Å². The summed E-state index contributed by atoms with van der Waals surface area (Å²) in [5, 5.41) is 2.96. The molecule has 0 radical (unpaired) electrons. The van der Waals surface area contributed by atoms with Gasteiger partial charge in [-0.25, -0.2) is 9.78 Å². The number of anilines is 1. The molecule has 1 aliphatic carbocycles. The first-order valence-corrected chi connectivity index (χ1v) is 8.77. The van der Waals surface area contributed by atoms with Crippen molar-refractivity contribution in [1.29, 1.82) is 0 Å². The Morgan fingerprint density at radius 1 is 1.42 bits per heavy atom. The Morgan fingerprint density at radius 3 is 2.83 bits per heavy atom. The number of aromatic nitrogens is 1. The van der Waals surface area contributed by atoms with E-state index >= 15 is 0 Å². The summed E-state index contributed by atoms with van der Waals surface area (Å²) in [5.74, 6) is 0.607. The van der Waals surface area contributed by atoms with Crippen LogP contribution in [0.2, 0.25) is 0 Å². The van der Waals surface area contributed by atoms with E-state index in [1.165, 1.54) is 12.8 Å². The van der Waals surface area contributed by atoms with Crippen molar-refractivity contribution in [2.45, 2.75) is 44.2 Å². The number of amides is 2. The Labute approximate surface area is 144 Å². The van der Waals surface area contributed by atoms with Crippen LogP contribution in [0.1, 0.15) is 31.4 Å². The summed E-state index contributed by atoms with van der Waals surface area (Å²) in [5.41, 5.74) is 0.757. The fourth-order valence-corrected chi connectivity index (χ4v) is 3.77. The number of likely N-dealkylation sites (N-methyl/N-ethyl adjacent to an activating group) is 1. The molecule has 1 saturated carbocycles. The van der Waals surface area contributed by atoms with Gasteiger partial charge in [-0.05, 0) is 46.0 Å². The van der Waals surface area contributed by atoms with Gasteiger partial charge in [0.1, 0.15) is 5.82 Å². The van der Waals surface area contributed by atoms with E-state index in [4.69, 9.17) is 4.74 Å². The SMILES string of the molecule is Cc1cccc(NC(=O)N2CC3(CCCC3)OC[C@H]2CN(C)C)n1. The van der Waals surface area contributed by atoms with E-state index in [-0.39, 0.29) is 17.7 Å². The minimum atomic E-state index is -0.139. The molecule has 2 heterocycles. The third kappa shape index (κ3) is 3.87. The van der Waals surface area contributed by atoms with Crippen LogP contribution >= 0.6 is 0 Å². The third-order valence-electron chi connectivity index (χ3n) is 4.96. The molecule has 132 valence electrons. The van der Waals surface area contributed by atoms with Crippen LogP contribution in [-0.2, 0) is 4.74 Å². The number of hydrogen-bond donors (Lipinski definition) is 1. The molecule has 3 rings (SSSR count). The van der Waals surface area contributed by atoms with Crippen molar-refractivity contribution in [3.63, 3.8) is 0 Å². The predicted molar refractivity (Wildman–Crippen MR) is 94.2 cm³/mol. The lowest BCUT2D eigenvalue weighted by atomic mass is 9.97. The highest BCUT2D eigenvalue weighted by molar-refractivity contribution is 5.88. The van der Waals surface area contributed by atoms with E-state index in [1.807, 2.05) is 44.1 Å². The Kier molecular flexibility index (Phi) is 5.06. The van der Waals surface area contributed by atoms with Gasteiger partial charge < -0.3 is 14.5 Å². The van der Waals surface area contributed by atoms with Gasteiger partial charge >= 0.3 is 6.03 Å². The summed E-state index contributed by atoms with van der Waals surface area (Å²) >= 11 is 0. The quantitative estimate of drug-likeness (QED) is 0.924. The van der Waals surface area contributed by atoms with Crippen LogP contribution < -0.4 is 5.32 Å². The zero-order valence-electron chi connectivity index (χ0n) is 14.9. The first kappa shape index (κ1) is 17.2. The fraction of sp³-hybridized carbons (Fsp3) is 0.667. The van der Waals surface area contributed by atoms with Crippen LogP contribution in [-0.4, -0.2) is 66.2 Å². The number of pyridine rings is 1. The predicted octanol–water partition coefficient (Wildman–Crippen LogP) is 2.50. The Morgan fingerprint density at radius 2 is 2.17 bits per heavy atom. The number of carbonyl (C=O) groups is 1. The van der Waals surface area contributed by atoms with Crippen LogP contribution in [0.15, 0.2) is 18.2 Å².